The number of hydrogen-bond donors (Lipinski definition) is 2. The van der Waals surface area contributed by atoms with Crippen LogP contribution in [0.5, 0.6) is 0 Å². The normalized spacial score (nSPS) is 16.8. The van der Waals surface area contributed by atoms with E-state index in [9.17, 15) is 23.6 Å². The van der Waals surface area contributed by atoms with Crippen LogP contribution in [0.4, 0.5) is 8.78 Å². The molecule has 3 rings (SSSR count). The van der Waals surface area contributed by atoms with Crippen LogP contribution in [-0.4, -0.2) is 39.1 Å². The van der Waals surface area contributed by atoms with E-state index in [2.05, 4.69) is 27.8 Å². The summed E-state index contributed by atoms with van der Waals surface area (Å²) < 4.78 is 29.9. The van der Waals surface area contributed by atoms with Gasteiger partial charge in [-0.1, -0.05) is 11.8 Å². The number of carbonyl (C=O) groups excluding carboxylic acids is 2. The van der Waals surface area contributed by atoms with E-state index in [1.807, 2.05) is 0 Å². The number of amides is 2. The summed E-state index contributed by atoms with van der Waals surface area (Å²) in [7, 11) is 0. The number of nitrogens with two attached hydrogens (primary N) is 1. The third-order valence-corrected chi connectivity index (χ3v) is 5.71. The van der Waals surface area contributed by atoms with Gasteiger partial charge in [0, 0.05) is 15.4 Å². The van der Waals surface area contributed by atoms with Crippen molar-refractivity contribution in [3.05, 3.63) is 55.7 Å². The number of halogens is 3. The quantitative estimate of drug-likeness (QED) is 0.506. The predicted octanol–water partition coefficient (Wildman–Crippen LogP) is 3.25. The van der Waals surface area contributed by atoms with Crippen molar-refractivity contribution in [3.8, 4) is 11.8 Å². The van der Waals surface area contributed by atoms with Crippen LogP contribution in [0.15, 0.2) is 28.1 Å². The maximum Gasteiger partial charge on any atom is 0.268 e. The third kappa shape index (κ3) is 4.48. The van der Waals surface area contributed by atoms with Crippen LogP contribution < -0.4 is 5.73 Å². The van der Waals surface area contributed by atoms with E-state index in [-0.39, 0.29) is 5.56 Å². The van der Waals surface area contributed by atoms with Crippen molar-refractivity contribution in [3.63, 3.8) is 0 Å². The van der Waals surface area contributed by atoms with Crippen LogP contribution in [0.2, 0.25) is 0 Å². The van der Waals surface area contributed by atoms with Crippen molar-refractivity contribution >= 4 is 39.1 Å². The average Bonchev–Trinajstić information content (AvgIpc) is 3.15. The van der Waals surface area contributed by atoms with Gasteiger partial charge in [0.1, 0.15) is 23.7 Å². The van der Waals surface area contributed by atoms with Gasteiger partial charge in [0.2, 0.25) is 0 Å². The van der Waals surface area contributed by atoms with Crippen molar-refractivity contribution in [2.24, 2.45) is 5.73 Å². The molecule has 0 radical (unpaired) electrons. The number of nitrogens with zero attached hydrogens (tertiary/aromatic N) is 2. The Morgan fingerprint density at radius 3 is 2.48 bits per heavy atom. The van der Waals surface area contributed by atoms with Gasteiger partial charge in [0.25, 0.3) is 11.8 Å². The highest BCUT2D eigenvalue weighted by Gasteiger charge is 2.43. The highest BCUT2D eigenvalue weighted by Crippen LogP contribution is 2.36. The molecule has 1 aromatic heterocycles. The van der Waals surface area contributed by atoms with Crippen molar-refractivity contribution in [1.29, 1.82) is 0 Å². The fraction of sp³-hybridized carbons (Fsp3) is 0.263. The minimum atomic E-state index is -1.18. The van der Waals surface area contributed by atoms with Gasteiger partial charge < -0.3 is 10.6 Å². The summed E-state index contributed by atoms with van der Waals surface area (Å²) >= 11 is 4.43. The van der Waals surface area contributed by atoms with Crippen LogP contribution in [0.25, 0.3) is 0 Å². The summed E-state index contributed by atoms with van der Waals surface area (Å²) in [4.78, 5) is 26.2. The summed E-state index contributed by atoms with van der Waals surface area (Å²) in [5.74, 6) is 1.16. The van der Waals surface area contributed by atoms with Crippen LogP contribution >= 0.6 is 27.3 Å². The largest absolute Gasteiger partial charge is 0.316 e. The summed E-state index contributed by atoms with van der Waals surface area (Å²) in [6.45, 7) is 2.76. The summed E-state index contributed by atoms with van der Waals surface area (Å²) in [5, 5.41) is 12.2. The van der Waals surface area contributed by atoms with Crippen LogP contribution in [-0.2, 0) is 4.79 Å². The van der Waals surface area contributed by atoms with Gasteiger partial charge in [-0.15, -0.1) is 11.3 Å². The fourth-order valence-corrected chi connectivity index (χ4v) is 4.26. The first-order valence-electron chi connectivity index (χ1n) is 8.35. The van der Waals surface area contributed by atoms with E-state index < -0.39 is 47.3 Å². The number of benzene rings is 1. The van der Waals surface area contributed by atoms with Crippen molar-refractivity contribution in [2.45, 2.75) is 25.6 Å². The number of thiophene rings is 1. The van der Waals surface area contributed by atoms with Crippen molar-refractivity contribution in [2.75, 3.05) is 6.54 Å². The molecule has 29 heavy (non-hydrogen) atoms. The fourth-order valence-electron chi connectivity index (χ4n) is 2.72. The molecule has 1 saturated heterocycles. The standard InChI is InChI=1S/C19H16BrF2N3O3S/c1-19(2,23)4-3-10-5-12(21)16(13(22)6-10)18(27)24-8-15(26)25(28)17(24)14-7-11(20)9-29-14/h5-7,9,17,28H,8,23H2,1-2H3. The third-order valence-electron chi connectivity index (χ3n) is 3.98. The van der Waals surface area contributed by atoms with Crippen LogP contribution in [0.3, 0.4) is 0 Å². The SMILES string of the molecule is CC(C)(N)C#Cc1cc(F)c(C(=O)N2CC(=O)N(O)C2c2cc(Br)cs2)c(F)c1. The van der Waals surface area contributed by atoms with E-state index in [0.717, 1.165) is 17.0 Å². The van der Waals surface area contributed by atoms with Gasteiger partial charge in [-0.3, -0.25) is 14.8 Å². The van der Waals surface area contributed by atoms with Gasteiger partial charge in [0.15, 0.2) is 6.17 Å². The van der Waals surface area contributed by atoms with Gasteiger partial charge in [-0.25, -0.2) is 8.78 Å². The average molecular weight is 484 g/mol. The van der Waals surface area contributed by atoms with Crippen LogP contribution in [0.1, 0.15) is 40.8 Å². The van der Waals surface area contributed by atoms with E-state index >= 15 is 0 Å². The summed E-state index contributed by atoms with van der Waals surface area (Å²) in [6, 6.07) is 3.47. The maximum absolute atomic E-state index is 14.6. The Hall–Kier alpha value is -2.32. The maximum atomic E-state index is 14.6. The smallest absolute Gasteiger partial charge is 0.268 e. The Bertz CT molecular complexity index is 1030. The molecule has 0 bridgehead atoms. The zero-order valence-electron chi connectivity index (χ0n) is 15.4. The van der Waals surface area contributed by atoms with Gasteiger partial charge in [-0.2, -0.15) is 5.06 Å². The molecule has 6 nitrogen and oxygen atoms in total. The van der Waals surface area contributed by atoms with E-state index in [1.165, 1.54) is 11.3 Å². The molecule has 1 aliphatic heterocycles. The highest BCUT2D eigenvalue weighted by atomic mass is 79.9. The molecule has 3 N–H and O–H groups in total. The molecule has 0 spiro atoms. The molecular weight excluding hydrogens is 468 g/mol. The zero-order valence-corrected chi connectivity index (χ0v) is 17.8. The minimum absolute atomic E-state index is 0.0232. The molecule has 2 amide bonds. The Kier molecular flexibility index (Phi) is 5.78. The Labute approximate surface area is 178 Å². The second-order valence-corrected chi connectivity index (χ2v) is 8.86. The summed E-state index contributed by atoms with van der Waals surface area (Å²) in [6.07, 6.45) is -1.18. The molecular formula is C19H16BrF2N3O3S. The van der Waals surface area contributed by atoms with Crippen molar-refractivity contribution < 1.29 is 23.6 Å². The summed E-state index contributed by atoms with van der Waals surface area (Å²) in [5.41, 5.74) is 4.07. The lowest BCUT2D eigenvalue weighted by molar-refractivity contribution is -0.168. The van der Waals surface area contributed by atoms with Crippen molar-refractivity contribution in [1.82, 2.24) is 9.96 Å². The molecule has 0 aliphatic carbocycles. The number of carbonyl (C=O) groups is 2. The minimum Gasteiger partial charge on any atom is -0.316 e. The molecule has 1 aromatic carbocycles. The first kappa shape index (κ1) is 21.4. The second kappa shape index (κ2) is 7.84. The van der Waals surface area contributed by atoms with Gasteiger partial charge >= 0.3 is 0 Å². The molecule has 152 valence electrons. The highest BCUT2D eigenvalue weighted by molar-refractivity contribution is 9.10. The first-order valence-corrected chi connectivity index (χ1v) is 10.0. The Morgan fingerprint density at radius 1 is 1.34 bits per heavy atom. The van der Waals surface area contributed by atoms with Gasteiger partial charge in [0.05, 0.1) is 10.4 Å². The second-order valence-electron chi connectivity index (χ2n) is 7.00. The molecule has 0 saturated carbocycles. The predicted molar refractivity (Wildman–Crippen MR) is 106 cm³/mol. The molecule has 2 aromatic rings. The lowest BCUT2D eigenvalue weighted by Crippen LogP contribution is -2.35. The van der Waals surface area contributed by atoms with E-state index in [1.54, 1.807) is 25.3 Å². The van der Waals surface area contributed by atoms with Gasteiger partial charge in [-0.05, 0) is 48.0 Å². The molecule has 10 heteroatoms. The molecule has 1 aliphatic rings. The van der Waals surface area contributed by atoms with E-state index in [0.29, 0.717) is 14.4 Å². The molecule has 2 heterocycles. The zero-order chi connectivity index (χ0) is 21.5. The topological polar surface area (TPSA) is 86.9 Å². The first-order chi connectivity index (χ1) is 13.5. The Balaban J connectivity index is 1.98. The number of rotatable bonds is 2. The Morgan fingerprint density at radius 2 is 1.97 bits per heavy atom. The van der Waals surface area contributed by atoms with Crippen LogP contribution in [0, 0.1) is 23.5 Å². The lowest BCUT2D eigenvalue weighted by Gasteiger charge is -2.25. The van der Waals surface area contributed by atoms with E-state index in [4.69, 9.17) is 5.73 Å². The number of hydroxylamine groups is 2. The monoisotopic (exact) mass is 483 g/mol. The molecule has 1 unspecified atom stereocenters. The number of hydrogen-bond acceptors (Lipinski definition) is 5. The lowest BCUT2D eigenvalue weighted by atomic mass is 10.1. The molecule has 1 atom stereocenters. The molecule has 1 fully saturated rings.